The molecule has 0 aliphatic heterocycles. The standard InChI is InChI=1S/C30H54.Ca.2H/c1-3-5-7-9-11-13-15-17-19-21-25-29-27-23-24-28-30(29)26-22-20-18-16-14-12-10-8-6-4-2;;;/h23-24,27-28H,3-22,25-26H2,1-2H3;;;/q;+2;2*-1. The summed E-state index contributed by atoms with van der Waals surface area (Å²) in [5.74, 6) is 0. The van der Waals surface area contributed by atoms with Crippen LogP contribution in [0.2, 0.25) is 0 Å². The van der Waals surface area contributed by atoms with Gasteiger partial charge in [0.15, 0.2) is 0 Å². The SMILES string of the molecule is CCCCCCCCCCCCc1ccccc1CCCCCCCCCCCC.[Ca+2].[H-].[H-]. The Hall–Kier alpha value is 0.480. The average molecular weight is 457 g/mol. The van der Waals surface area contributed by atoms with E-state index in [9.17, 15) is 0 Å². The Morgan fingerprint density at radius 2 is 0.677 bits per heavy atom. The normalized spacial score (nSPS) is 10.9. The maximum Gasteiger partial charge on any atom is 2.00 e. The molecule has 0 saturated heterocycles. The number of unbranched alkanes of at least 4 members (excludes halogenated alkanes) is 18. The molecule has 0 atom stereocenters. The summed E-state index contributed by atoms with van der Waals surface area (Å²) in [4.78, 5) is 0. The van der Waals surface area contributed by atoms with E-state index in [1.807, 2.05) is 0 Å². The molecule has 0 aliphatic rings. The van der Waals surface area contributed by atoms with Crippen molar-refractivity contribution in [1.82, 2.24) is 0 Å². The van der Waals surface area contributed by atoms with E-state index in [2.05, 4.69) is 38.1 Å². The third-order valence-corrected chi connectivity index (χ3v) is 6.72. The minimum atomic E-state index is 0. The molecule has 0 bridgehead atoms. The van der Waals surface area contributed by atoms with Gasteiger partial charge in [0.2, 0.25) is 0 Å². The van der Waals surface area contributed by atoms with Crippen molar-refractivity contribution in [2.45, 2.75) is 155 Å². The molecule has 0 heterocycles. The van der Waals surface area contributed by atoms with Gasteiger partial charge in [-0.2, -0.15) is 0 Å². The molecule has 0 radical (unpaired) electrons. The Morgan fingerprint density at radius 3 is 0.968 bits per heavy atom. The molecule has 0 spiro atoms. The van der Waals surface area contributed by atoms with Crippen LogP contribution in [0.4, 0.5) is 0 Å². The van der Waals surface area contributed by atoms with E-state index in [-0.39, 0.29) is 40.6 Å². The van der Waals surface area contributed by atoms with Crippen LogP contribution in [-0.4, -0.2) is 37.7 Å². The van der Waals surface area contributed by atoms with Gasteiger partial charge in [-0.05, 0) is 36.8 Å². The minimum absolute atomic E-state index is 0. The van der Waals surface area contributed by atoms with Gasteiger partial charge in [-0.1, -0.05) is 154 Å². The van der Waals surface area contributed by atoms with Crippen molar-refractivity contribution in [3.05, 3.63) is 35.4 Å². The Bertz CT molecular complexity index is 435. The fraction of sp³-hybridized carbons (Fsp3) is 0.800. The molecule has 0 unspecified atom stereocenters. The first-order valence-electron chi connectivity index (χ1n) is 13.9. The van der Waals surface area contributed by atoms with Crippen molar-refractivity contribution >= 4 is 37.7 Å². The molecule has 0 amide bonds. The summed E-state index contributed by atoms with van der Waals surface area (Å²) in [6, 6.07) is 9.26. The number of rotatable bonds is 22. The largest absolute Gasteiger partial charge is 2.00 e. The first-order valence-corrected chi connectivity index (χ1v) is 13.9. The van der Waals surface area contributed by atoms with Crippen molar-refractivity contribution in [2.75, 3.05) is 0 Å². The van der Waals surface area contributed by atoms with E-state index in [0.29, 0.717) is 0 Å². The molecular weight excluding hydrogens is 400 g/mol. The zero-order valence-corrected chi connectivity index (χ0v) is 23.8. The number of aryl methyl sites for hydroxylation is 2. The van der Waals surface area contributed by atoms with Gasteiger partial charge in [-0.25, -0.2) is 0 Å². The third kappa shape index (κ3) is 19.6. The molecule has 0 aromatic heterocycles. The van der Waals surface area contributed by atoms with Crippen LogP contribution in [-0.2, 0) is 12.8 Å². The van der Waals surface area contributed by atoms with Crippen molar-refractivity contribution < 1.29 is 2.85 Å². The Morgan fingerprint density at radius 1 is 0.419 bits per heavy atom. The second-order valence-electron chi connectivity index (χ2n) is 9.63. The minimum Gasteiger partial charge on any atom is -1.00 e. The molecule has 1 rings (SSSR count). The summed E-state index contributed by atoms with van der Waals surface area (Å²) in [6.07, 6.45) is 31.2. The third-order valence-electron chi connectivity index (χ3n) is 6.72. The first-order chi connectivity index (χ1) is 14.9. The molecule has 1 aromatic carbocycles. The van der Waals surface area contributed by atoms with Crippen molar-refractivity contribution in [3.63, 3.8) is 0 Å². The van der Waals surface area contributed by atoms with E-state index in [0.717, 1.165) is 0 Å². The summed E-state index contributed by atoms with van der Waals surface area (Å²) in [5, 5.41) is 0. The van der Waals surface area contributed by atoms with E-state index < -0.39 is 0 Å². The first kappa shape index (κ1) is 31.5. The molecule has 0 aliphatic carbocycles. The van der Waals surface area contributed by atoms with Crippen LogP contribution in [0.15, 0.2) is 24.3 Å². The van der Waals surface area contributed by atoms with Gasteiger partial charge >= 0.3 is 37.7 Å². The van der Waals surface area contributed by atoms with Gasteiger partial charge in [-0.15, -0.1) is 0 Å². The molecule has 1 heteroatoms. The Balaban J connectivity index is -0.00000300. The van der Waals surface area contributed by atoms with Gasteiger partial charge in [0.25, 0.3) is 0 Å². The van der Waals surface area contributed by atoms with E-state index in [1.54, 1.807) is 11.1 Å². The molecule has 31 heavy (non-hydrogen) atoms. The van der Waals surface area contributed by atoms with Crippen LogP contribution in [0, 0.1) is 0 Å². The quantitative estimate of drug-likeness (QED) is 0.120. The van der Waals surface area contributed by atoms with Gasteiger partial charge in [-0.3, -0.25) is 0 Å². The van der Waals surface area contributed by atoms with Gasteiger partial charge in [0.05, 0.1) is 0 Å². The van der Waals surface area contributed by atoms with E-state index in [4.69, 9.17) is 0 Å². The van der Waals surface area contributed by atoms with Crippen LogP contribution in [0.1, 0.15) is 156 Å². The Labute approximate surface area is 229 Å². The summed E-state index contributed by atoms with van der Waals surface area (Å²) in [5.41, 5.74) is 3.26. The molecule has 0 fully saturated rings. The van der Waals surface area contributed by atoms with Crippen LogP contribution < -0.4 is 0 Å². The molecule has 0 saturated carbocycles. The summed E-state index contributed by atoms with van der Waals surface area (Å²) >= 11 is 0. The molecule has 0 nitrogen and oxygen atoms in total. The van der Waals surface area contributed by atoms with E-state index in [1.165, 1.54) is 141 Å². The second-order valence-corrected chi connectivity index (χ2v) is 9.63. The van der Waals surface area contributed by atoms with Crippen molar-refractivity contribution in [3.8, 4) is 0 Å². The zero-order chi connectivity index (χ0) is 21.5. The van der Waals surface area contributed by atoms with Crippen LogP contribution >= 0.6 is 0 Å². The summed E-state index contributed by atoms with van der Waals surface area (Å²) in [6.45, 7) is 4.60. The van der Waals surface area contributed by atoms with Crippen LogP contribution in [0.3, 0.4) is 0 Å². The van der Waals surface area contributed by atoms with Crippen molar-refractivity contribution in [1.29, 1.82) is 0 Å². The fourth-order valence-electron chi connectivity index (χ4n) is 4.65. The Kier molecular flexibility index (Phi) is 25.5. The average Bonchev–Trinajstić information content (AvgIpc) is 2.77. The second kappa shape index (κ2) is 25.1. The smallest absolute Gasteiger partial charge is 1.00 e. The zero-order valence-electron chi connectivity index (χ0n) is 23.6. The molecule has 0 N–H and O–H groups in total. The number of benzene rings is 1. The fourth-order valence-corrected chi connectivity index (χ4v) is 4.65. The van der Waals surface area contributed by atoms with Crippen LogP contribution in [0.25, 0.3) is 0 Å². The maximum absolute atomic E-state index is 2.39. The topological polar surface area (TPSA) is 0 Å². The predicted octanol–water partition coefficient (Wildman–Crippen LogP) is 10.5. The van der Waals surface area contributed by atoms with Gasteiger partial charge < -0.3 is 2.85 Å². The predicted molar refractivity (Wildman–Crippen MR) is 146 cm³/mol. The summed E-state index contributed by atoms with van der Waals surface area (Å²) < 4.78 is 0. The van der Waals surface area contributed by atoms with Gasteiger partial charge in [0, 0.05) is 0 Å². The van der Waals surface area contributed by atoms with Gasteiger partial charge in [0.1, 0.15) is 0 Å². The molecule has 178 valence electrons. The summed E-state index contributed by atoms with van der Waals surface area (Å²) in [7, 11) is 0. The maximum atomic E-state index is 2.39. The monoisotopic (exact) mass is 456 g/mol. The van der Waals surface area contributed by atoms with E-state index >= 15 is 0 Å². The van der Waals surface area contributed by atoms with Crippen LogP contribution in [0.5, 0.6) is 0 Å². The van der Waals surface area contributed by atoms with Crippen molar-refractivity contribution in [2.24, 2.45) is 0 Å². The number of hydrogen-bond acceptors (Lipinski definition) is 0. The number of hydrogen-bond donors (Lipinski definition) is 0. The molecular formula is C30H56Ca. The molecule has 1 aromatic rings.